The fraction of sp³-hybridized carbons (Fsp3) is 1.00. The molecular weight excluding hydrogens is 208 g/mol. The van der Waals surface area contributed by atoms with Crippen LogP contribution < -0.4 is 0 Å². The first-order valence-electron chi connectivity index (χ1n) is 4.72. The van der Waals surface area contributed by atoms with Crippen LogP contribution in [0.4, 0.5) is 0 Å². The second-order valence-corrected chi connectivity index (χ2v) is 5.98. The van der Waals surface area contributed by atoms with Crippen LogP contribution in [0.25, 0.3) is 0 Å². The predicted molar refractivity (Wildman–Crippen MR) is 64.1 cm³/mol. The third-order valence-electron chi connectivity index (χ3n) is 1.71. The molecule has 74 valence electrons. The van der Waals surface area contributed by atoms with E-state index in [-0.39, 0.29) is 0 Å². The van der Waals surface area contributed by atoms with E-state index in [1.807, 2.05) is 10.8 Å². The molecule has 0 aromatic rings. The van der Waals surface area contributed by atoms with Crippen LogP contribution in [-0.4, -0.2) is 11.0 Å². The van der Waals surface area contributed by atoms with Gasteiger partial charge in [-0.15, -0.1) is 11.6 Å². The summed E-state index contributed by atoms with van der Waals surface area (Å²) in [5, 5.41) is 0.723. The van der Waals surface area contributed by atoms with E-state index in [0.29, 0.717) is 0 Å². The number of hydrogen-bond acceptors (Lipinski definition) is 2. The van der Waals surface area contributed by atoms with Crippen molar-refractivity contribution >= 4 is 33.2 Å². The minimum Gasteiger partial charge on any atom is -0.114 e. The Morgan fingerprint density at radius 3 is 2.25 bits per heavy atom. The average Bonchev–Trinajstić information content (AvgIpc) is 2.10. The molecule has 0 nitrogen and oxygen atoms in total. The zero-order valence-corrected chi connectivity index (χ0v) is 10.2. The predicted octanol–water partition coefficient (Wildman–Crippen LogP) is 4.92. The topological polar surface area (TPSA) is 0 Å². The molecule has 0 amide bonds. The van der Waals surface area contributed by atoms with Crippen molar-refractivity contribution in [2.24, 2.45) is 0 Å². The second-order valence-electron chi connectivity index (χ2n) is 2.82. The van der Waals surface area contributed by atoms with Crippen LogP contribution in [0.2, 0.25) is 0 Å². The number of rotatable bonds is 9. The van der Waals surface area contributed by atoms with Crippen molar-refractivity contribution in [3.05, 3.63) is 0 Å². The van der Waals surface area contributed by atoms with Crippen LogP contribution in [0.3, 0.4) is 0 Å². The molecule has 0 aromatic heterocycles. The molecule has 0 aliphatic heterocycles. The molecule has 0 spiro atoms. The zero-order chi connectivity index (χ0) is 9.07. The van der Waals surface area contributed by atoms with Gasteiger partial charge in [0.1, 0.15) is 0 Å². The van der Waals surface area contributed by atoms with E-state index in [1.54, 1.807) is 10.8 Å². The molecule has 0 saturated heterocycles. The summed E-state index contributed by atoms with van der Waals surface area (Å²) in [6.45, 7) is 2.26. The SMILES string of the molecule is CCCCCCCCSSCCl. The summed E-state index contributed by atoms with van der Waals surface area (Å²) in [4.78, 5) is 0. The van der Waals surface area contributed by atoms with E-state index < -0.39 is 0 Å². The van der Waals surface area contributed by atoms with E-state index in [9.17, 15) is 0 Å². The van der Waals surface area contributed by atoms with Crippen molar-refractivity contribution in [3.8, 4) is 0 Å². The average molecular weight is 227 g/mol. The van der Waals surface area contributed by atoms with E-state index in [2.05, 4.69) is 6.92 Å². The smallest absolute Gasteiger partial charge is 0.0784 e. The van der Waals surface area contributed by atoms with Crippen molar-refractivity contribution in [2.75, 3.05) is 11.0 Å². The third-order valence-corrected chi connectivity index (χ3v) is 4.49. The van der Waals surface area contributed by atoms with Crippen molar-refractivity contribution < 1.29 is 0 Å². The Bertz CT molecular complexity index is 68.9. The molecule has 0 aliphatic rings. The van der Waals surface area contributed by atoms with Gasteiger partial charge in [-0.05, 0) is 6.42 Å². The van der Waals surface area contributed by atoms with Crippen LogP contribution in [-0.2, 0) is 0 Å². The number of halogens is 1. The maximum Gasteiger partial charge on any atom is 0.0784 e. The zero-order valence-electron chi connectivity index (χ0n) is 7.85. The number of unbranched alkanes of at least 4 members (excludes halogenated alkanes) is 5. The lowest BCUT2D eigenvalue weighted by atomic mass is 10.1. The summed E-state index contributed by atoms with van der Waals surface area (Å²) in [5.74, 6) is 1.27. The second kappa shape index (κ2) is 12.0. The molecule has 0 unspecified atom stereocenters. The number of alkyl halides is 1. The Hall–Kier alpha value is 0.990. The molecule has 3 heteroatoms. The molecule has 0 heterocycles. The van der Waals surface area contributed by atoms with Crippen LogP contribution in [0.1, 0.15) is 45.4 Å². The van der Waals surface area contributed by atoms with Crippen molar-refractivity contribution in [3.63, 3.8) is 0 Å². The fourth-order valence-corrected chi connectivity index (χ4v) is 3.00. The summed E-state index contributed by atoms with van der Waals surface area (Å²) in [6, 6.07) is 0. The highest BCUT2D eigenvalue weighted by Crippen LogP contribution is 2.23. The van der Waals surface area contributed by atoms with Crippen molar-refractivity contribution in [1.82, 2.24) is 0 Å². The first-order chi connectivity index (χ1) is 5.91. The van der Waals surface area contributed by atoms with Gasteiger partial charge in [0, 0.05) is 5.75 Å². The van der Waals surface area contributed by atoms with Crippen LogP contribution in [0.5, 0.6) is 0 Å². The quantitative estimate of drug-likeness (QED) is 0.311. The lowest BCUT2D eigenvalue weighted by molar-refractivity contribution is 0.627. The van der Waals surface area contributed by atoms with E-state index >= 15 is 0 Å². The Kier molecular flexibility index (Phi) is 13.0. The van der Waals surface area contributed by atoms with Crippen molar-refractivity contribution in [2.45, 2.75) is 45.4 Å². The van der Waals surface area contributed by atoms with Gasteiger partial charge in [-0.2, -0.15) is 0 Å². The third kappa shape index (κ3) is 11.0. The summed E-state index contributed by atoms with van der Waals surface area (Å²) in [5.41, 5.74) is 0. The van der Waals surface area contributed by atoms with Gasteiger partial charge in [0.25, 0.3) is 0 Å². The highest BCUT2D eigenvalue weighted by Gasteiger charge is 1.90. The van der Waals surface area contributed by atoms with Gasteiger partial charge in [0.15, 0.2) is 0 Å². The van der Waals surface area contributed by atoms with Gasteiger partial charge in [0.2, 0.25) is 0 Å². The van der Waals surface area contributed by atoms with Gasteiger partial charge in [0.05, 0.1) is 5.21 Å². The van der Waals surface area contributed by atoms with Gasteiger partial charge >= 0.3 is 0 Å². The van der Waals surface area contributed by atoms with Gasteiger partial charge in [-0.3, -0.25) is 0 Å². The molecule has 0 fully saturated rings. The highest BCUT2D eigenvalue weighted by atomic mass is 35.5. The normalized spacial score (nSPS) is 10.5. The largest absolute Gasteiger partial charge is 0.114 e. The maximum atomic E-state index is 5.52. The standard InChI is InChI=1S/C9H19ClS2/c1-2-3-4-5-6-7-8-11-12-9-10/h2-9H2,1H3. The Morgan fingerprint density at radius 2 is 1.58 bits per heavy atom. The number of hydrogen-bond donors (Lipinski definition) is 0. The Labute approximate surface area is 89.6 Å². The molecule has 0 saturated carbocycles. The molecular formula is C9H19ClS2. The minimum atomic E-state index is 0.723. The molecule has 0 aliphatic carbocycles. The van der Waals surface area contributed by atoms with E-state index in [1.165, 1.54) is 44.3 Å². The maximum absolute atomic E-state index is 5.52. The molecule has 0 bridgehead atoms. The lowest BCUT2D eigenvalue weighted by Crippen LogP contribution is -1.80. The molecule has 0 atom stereocenters. The molecule has 0 aromatic carbocycles. The van der Waals surface area contributed by atoms with Crippen LogP contribution in [0, 0.1) is 0 Å². The molecule has 12 heavy (non-hydrogen) atoms. The Balaban J connectivity index is 2.73. The van der Waals surface area contributed by atoms with E-state index in [4.69, 9.17) is 11.6 Å². The minimum absolute atomic E-state index is 0.723. The lowest BCUT2D eigenvalue weighted by Gasteiger charge is -1.99. The van der Waals surface area contributed by atoms with Crippen molar-refractivity contribution in [1.29, 1.82) is 0 Å². The summed E-state index contributed by atoms with van der Waals surface area (Å²) < 4.78 is 0. The highest BCUT2D eigenvalue weighted by molar-refractivity contribution is 8.77. The summed E-state index contributed by atoms with van der Waals surface area (Å²) in [7, 11) is 3.66. The first-order valence-corrected chi connectivity index (χ1v) is 7.74. The fourth-order valence-electron chi connectivity index (χ4n) is 1.03. The van der Waals surface area contributed by atoms with Gasteiger partial charge < -0.3 is 0 Å². The van der Waals surface area contributed by atoms with Crippen LogP contribution in [0.15, 0.2) is 0 Å². The molecule has 0 rings (SSSR count). The van der Waals surface area contributed by atoms with Gasteiger partial charge in [-0.25, -0.2) is 0 Å². The molecule has 0 N–H and O–H groups in total. The first kappa shape index (κ1) is 13.0. The monoisotopic (exact) mass is 226 g/mol. The summed E-state index contributed by atoms with van der Waals surface area (Å²) in [6.07, 6.45) is 8.35. The van der Waals surface area contributed by atoms with Crippen LogP contribution >= 0.6 is 33.2 Å². The van der Waals surface area contributed by atoms with Gasteiger partial charge in [-0.1, -0.05) is 60.6 Å². The van der Waals surface area contributed by atoms with E-state index in [0.717, 1.165) is 5.21 Å². The molecule has 0 radical (unpaired) electrons. The summed E-state index contributed by atoms with van der Waals surface area (Å²) >= 11 is 5.52. The Morgan fingerprint density at radius 1 is 0.917 bits per heavy atom.